The van der Waals surface area contributed by atoms with Gasteiger partial charge in [-0.3, -0.25) is 4.79 Å². The average Bonchev–Trinajstić information content (AvgIpc) is 3.05. The van der Waals surface area contributed by atoms with Crippen LogP contribution in [0.4, 0.5) is 0 Å². The molecule has 0 aliphatic carbocycles. The highest BCUT2D eigenvalue weighted by Gasteiger charge is 2.07. The fourth-order valence-corrected chi connectivity index (χ4v) is 5.78. The van der Waals surface area contributed by atoms with E-state index in [1.54, 1.807) is 0 Å². The Kier molecular flexibility index (Phi) is 13.6. The molecule has 1 nitrogen and oxygen atoms in total. The van der Waals surface area contributed by atoms with Gasteiger partial charge in [-0.05, 0) is 65.5 Å². The first-order valence-electron chi connectivity index (χ1n) is 16.6. The van der Waals surface area contributed by atoms with E-state index in [2.05, 4.69) is 97.9 Å². The molecule has 0 bridgehead atoms. The Morgan fingerprint density at radius 1 is 0.429 bits per heavy atom. The van der Waals surface area contributed by atoms with E-state index >= 15 is 0 Å². The summed E-state index contributed by atoms with van der Waals surface area (Å²) < 4.78 is 0. The third kappa shape index (κ3) is 10.8. The minimum atomic E-state index is 0.276. The van der Waals surface area contributed by atoms with Crippen molar-refractivity contribution in [1.29, 1.82) is 0 Å². The molecule has 0 fully saturated rings. The number of aryl methyl sites for hydroxylation is 2. The first-order valence-corrected chi connectivity index (χ1v) is 16.6. The van der Waals surface area contributed by atoms with Crippen LogP contribution in [0.25, 0.3) is 22.3 Å². The van der Waals surface area contributed by atoms with Gasteiger partial charge in [-0.15, -0.1) is 0 Å². The summed E-state index contributed by atoms with van der Waals surface area (Å²) in [7, 11) is 0. The van der Waals surface area contributed by atoms with Crippen molar-refractivity contribution in [3.8, 4) is 22.3 Å². The highest BCUT2D eigenvalue weighted by Crippen LogP contribution is 2.23. The van der Waals surface area contributed by atoms with E-state index in [9.17, 15) is 4.79 Å². The molecule has 42 heavy (non-hydrogen) atoms. The number of rotatable bonds is 19. The van der Waals surface area contributed by atoms with Crippen LogP contribution in [-0.4, -0.2) is 5.78 Å². The summed E-state index contributed by atoms with van der Waals surface area (Å²) in [4.78, 5) is 12.5. The number of carbonyl (C=O) groups excluding carboxylic acids is 1. The predicted molar refractivity (Wildman–Crippen MR) is 181 cm³/mol. The Labute approximate surface area is 255 Å². The summed E-state index contributed by atoms with van der Waals surface area (Å²) in [5, 5.41) is 0. The average molecular weight is 559 g/mol. The summed E-state index contributed by atoms with van der Waals surface area (Å²) in [6.45, 7) is 2.22. The molecule has 4 rings (SSSR count). The van der Waals surface area contributed by atoms with Crippen LogP contribution in [0.2, 0.25) is 0 Å². The second-order valence-electron chi connectivity index (χ2n) is 11.9. The summed E-state index contributed by atoms with van der Waals surface area (Å²) >= 11 is 0. The quantitative estimate of drug-likeness (QED) is 0.0826. The van der Waals surface area contributed by atoms with Crippen LogP contribution < -0.4 is 0 Å². The Hall–Kier alpha value is -3.45. The monoisotopic (exact) mass is 558 g/mol. The van der Waals surface area contributed by atoms with Crippen LogP contribution in [0.3, 0.4) is 0 Å². The second kappa shape index (κ2) is 18.2. The Morgan fingerprint density at radius 2 is 0.833 bits per heavy atom. The Bertz CT molecular complexity index is 1280. The largest absolute Gasteiger partial charge is 0.294 e. The van der Waals surface area contributed by atoms with Gasteiger partial charge in [-0.25, -0.2) is 0 Å². The van der Waals surface area contributed by atoms with Crippen LogP contribution in [0.15, 0.2) is 103 Å². The molecule has 1 heteroatoms. The number of benzene rings is 4. The molecule has 0 N–H and O–H groups in total. The van der Waals surface area contributed by atoms with E-state index < -0.39 is 0 Å². The van der Waals surface area contributed by atoms with E-state index in [-0.39, 0.29) is 5.78 Å². The zero-order valence-corrected chi connectivity index (χ0v) is 25.8. The summed E-state index contributed by atoms with van der Waals surface area (Å²) in [5.74, 6) is 0.276. The maximum Gasteiger partial charge on any atom is 0.162 e. The van der Waals surface area contributed by atoms with Gasteiger partial charge in [0.25, 0.3) is 0 Å². The van der Waals surface area contributed by atoms with Gasteiger partial charge in [0.15, 0.2) is 5.78 Å². The van der Waals surface area contributed by atoms with Crippen LogP contribution in [0.5, 0.6) is 0 Å². The molecule has 220 valence electrons. The molecule has 0 unspecified atom stereocenters. The molecule has 0 spiro atoms. The van der Waals surface area contributed by atoms with E-state index in [1.165, 1.54) is 104 Å². The van der Waals surface area contributed by atoms with E-state index in [0.717, 1.165) is 24.8 Å². The van der Waals surface area contributed by atoms with Crippen LogP contribution in [-0.2, 0) is 12.8 Å². The molecular formula is C41H50O. The van der Waals surface area contributed by atoms with Gasteiger partial charge in [0.05, 0.1) is 0 Å². The van der Waals surface area contributed by atoms with Gasteiger partial charge in [0.2, 0.25) is 0 Å². The lowest BCUT2D eigenvalue weighted by molar-refractivity contribution is 0.0979. The van der Waals surface area contributed by atoms with Crippen molar-refractivity contribution in [1.82, 2.24) is 0 Å². The molecule has 4 aromatic carbocycles. The normalized spacial score (nSPS) is 11.1. The van der Waals surface area contributed by atoms with Gasteiger partial charge in [-0.2, -0.15) is 0 Å². The molecule has 0 aliphatic rings. The molecule has 0 saturated carbocycles. The molecule has 0 amide bonds. The van der Waals surface area contributed by atoms with Gasteiger partial charge in [0, 0.05) is 12.0 Å². The fraction of sp³-hybridized carbons (Fsp3) is 0.390. The van der Waals surface area contributed by atoms with Crippen molar-refractivity contribution in [3.63, 3.8) is 0 Å². The molecule has 0 atom stereocenters. The minimum Gasteiger partial charge on any atom is -0.294 e. The maximum atomic E-state index is 12.5. The molecule has 0 aromatic heterocycles. The second-order valence-corrected chi connectivity index (χ2v) is 11.9. The number of hydrogen-bond donors (Lipinski definition) is 0. The van der Waals surface area contributed by atoms with E-state index in [4.69, 9.17) is 0 Å². The van der Waals surface area contributed by atoms with Gasteiger partial charge < -0.3 is 0 Å². The van der Waals surface area contributed by atoms with E-state index in [0.29, 0.717) is 6.42 Å². The lowest BCUT2D eigenvalue weighted by Gasteiger charge is -2.07. The van der Waals surface area contributed by atoms with E-state index in [1.807, 2.05) is 12.1 Å². The van der Waals surface area contributed by atoms with Crippen molar-refractivity contribution in [2.75, 3.05) is 0 Å². The molecule has 0 aliphatic heterocycles. The SMILES string of the molecule is CCCCCCCC(=O)c1ccc(-c2ccc(CCCCCCCCCc3ccc(-c4ccccc4)cc3)cc2)cc1. The zero-order valence-electron chi connectivity index (χ0n) is 25.8. The van der Waals surface area contributed by atoms with Crippen LogP contribution >= 0.6 is 0 Å². The maximum absolute atomic E-state index is 12.5. The highest BCUT2D eigenvalue weighted by molar-refractivity contribution is 5.96. The number of hydrogen-bond acceptors (Lipinski definition) is 1. The third-order valence-electron chi connectivity index (χ3n) is 8.49. The Morgan fingerprint density at radius 3 is 1.33 bits per heavy atom. The fourth-order valence-electron chi connectivity index (χ4n) is 5.78. The molecule has 0 radical (unpaired) electrons. The molecule has 0 saturated heterocycles. The van der Waals surface area contributed by atoms with Crippen molar-refractivity contribution in [3.05, 3.63) is 120 Å². The topological polar surface area (TPSA) is 17.1 Å². The first-order chi connectivity index (χ1) is 20.7. The summed E-state index contributed by atoms with van der Waals surface area (Å²) in [5.41, 5.74) is 8.73. The van der Waals surface area contributed by atoms with Gasteiger partial charge in [0.1, 0.15) is 0 Å². The summed E-state index contributed by atoms with van der Waals surface area (Å²) in [6, 6.07) is 36.9. The molecule has 4 aromatic rings. The first kappa shape index (κ1) is 31.5. The number of Topliss-reactive ketones (excluding diaryl/α,β-unsaturated/α-hetero) is 1. The number of carbonyl (C=O) groups is 1. The number of ketones is 1. The van der Waals surface area contributed by atoms with Crippen LogP contribution in [0, 0.1) is 0 Å². The predicted octanol–water partition coefficient (Wildman–Crippen LogP) is 12.1. The lowest BCUT2D eigenvalue weighted by Crippen LogP contribution is -1.98. The van der Waals surface area contributed by atoms with Gasteiger partial charge in [-0.1, -0.05) is 168 Å². The van der Waals surface area contributed by atoms with Crippen molar-refractivity contribution >= 4 is 5.78 Å². The smallest absolute Gasteiger partial charge is 0.162 e. The minimum absolute atomic E-state index is 0.276. The molecule has 0 heterocycles. The number of unbranched alkanes of at least 4 members (excludes halogenated alkanes) is 10. The van der Waals surface area contributed by atoms with Crippen molar-refractivity contribution in [2.45, 2.75) is 103 Å². The lowest BCUT2D eigenvalue weighted by atomic mass is 9.98. The van der Waals surface area contributed by atoms with Crippen molar-refractivity contribution < 1.29 is 4.79 Å². The van der Waals surface area contributed by atoms with Crippen LogP contribution in [0.1, 0.15) is 112 Å². The summed E-state index contributed by atoms with van der Waals surface area (Å²) in [6.07, 6.45) is 18.2. The molecular weight excluding hydrogens is 508 g/mol. The van der Waals surface area contributed by atoms with Gasteiger partial charge >= 0.3 is 0 Å². The van der Waals surface area contributed by atoms with Crippen molar-refractivity contribution in [2.24, 2.45) is 0 Å². The third-order valence-corrected chi connectivity index (χ3v) is 8.49. The standard InChI is InChI=1S/C41H50O/c1-2-3-4-8-16-21-41(42)40-32-30-39(31-33-40)38-28-24-35(25-29-38)18-13-10-7-5-6-9-12-17-34-22-26-37(27-23-34)36-19-14-11-15-20-36/h11,14-15,19-20,22-33H,2-10,12-13,16-18,21H2,1H3. The highest BCUT2D eigenvalue weighted by atomic mass is 16.1. The Balaban J connectivity index is 1.05. The zero-order chi connectivity index (χ0) is 29.2.